The number of likely N-dealkylation sites (tertiary alicyclic amines) is 1. The minimum Gasteiger partial charge on any atom is -0.339 e. The Balaban J connectivity index is 1.70. The van der Waals surface area contributed by atoms with Gasteiger partial charge in [-0.3, -0.25) is 4.79 Å². The number of nitrogens with zero attached hydrogens (tertiary/aromatic N) is 1. The first-order valence-corrected chi connectivity index (χ1v) is 9.40. The normalized spacial score (nSPS) is 25.6. The van der Waals surface area contributed by atoms with Crippen molar-refractivity contribution in [3.63, 3.8) is 0 Å². The van der Waals surface area contributed by atoms with Gasteiger partial charge in [0.05, 0.1) is 5.25 Å². The van der Waals surface area contributed by atoms with Crippen molar-refractivity contribution in [1.29, 1.82) is 0 Å². The lowest BCUT2D eigenvalue weighted by molar-refractivity contribution is -0.134. The average molecular weight is 354 g/mol. The molecule has 1 aromatic carbocycles. The van der Waals surface area contributed by atoms with Crippen LogP contribution in [0.2, 0.25) is 0 Å². The molecule has 108 valence electrons. The first kappa shape index (κ1) is 14.5. The number of amides is 1. The molecule has 4 heteroatoms. The predicted molar refractivity (Wildman–Crippen MR) is 87.6 cm³/mol. The minimum atomic E-state index is 0.100. The summed E-state index contributed by atoms with van der Waals surface area (Å²) in [6, 6.07) is 8.87. The van der Waals surface area contributed by atoms with Gasteiger partial charge >= 0.3 is 0 Å². The molecule has 0 bridgehead atoms. The van der Waals surface area contributed by atoms with Gasteiger partial charge < -0.3 is 4.90 Å². The number of carbonyl (C=O) groups is 1. The Kier molecular flexibility index (Phi) is 4.72. The molecule has 0 radical (unpaired) electrons. The van der Waals surface area contributed by atoms with Crippen LogP contribution in [0.5, 0.6) is 0 Å². The molecule has 0 aromatic heterocycles. The van der Waals surface area contributed by atoms with Gasteiger partial charge in [-0.05, 0) is 43.7 Å². The number of hydrogen-bond donors (Lipinski definition) is 0. The fourth-order valence-electron chi connectivity index (χ4n) is 3.22. The molecular weight excluding hydrogens is 334 g/mol. The first-order chi connectivity index (χ1) is 9.79. The minimum absolute atomic E-state index is 0.100. The fourth-order valence-corrected chi connectivity index (χ4v) is 5.02. The second-order valence-corrected chi connectivity index (χ2v) is 7.61. The summed E-state index contributed by atoms with van der Waals surface area (Å²) in [6.45, 7) is 0.948. The molecule has 2 heterocycles. The molecule has 0 spiro atoms. The fraction of sp³-hybridized carbons (Fsp3) is 0.562. The van der Waals surface area contributed by atoms with Gasteiger partial charge in [-0.15, -0.1) is 11.8 Å². The molecule has 2 aliphatic rings. The number of rotatable bonds is 3. The lowest BCUT2D eigenvalue weighted by Crippen LogP contribution is -2.47. The molecule has 2 nitrogen and oxygen atoms in total. The highest BCUT2D eigenvalue weighted by Gasteiger charge is 2.35. The molecule has 0 N–H and O–H groups in total. The monoisotopic (exact) mass is 353 g/mol. The lowest BCUT2D eigenvalue weighted by Gasteiger charge is -2.37. The maximum absolute atomic E-state index is 12.8. The Bertz CT molecular complexity index is 466. The van der Waals surface area contributed by atoms with E-state index in [0.29, 0.717) is 11.9 Å². The van der Waals surface area contributed by atoms with E-state index in [1.54, 1.807) is 11.8 Å². The van der Waals surface area contributed by atoms with Gasteiger partial charge in [-0.2, -0.15) is 0 Å². The number of halogens is 1. The molecule has 1 aromatic rings. The van der Waals surface area contributed by atoms with E-state index in [0.717, 1.165) is 31.1 Å². The van der Waals surface area contributed by atoms with Crippen molar-refractivity contribution < 1.29 is 4.79 Å². The van der Waals surface area contributed by atoms with Gasteiger partial charge in [0.25, 0.3) is 0 Å². The molecule has 3 rings (SSSR count). The number of piperidine rings is 1. The maximum Gasteiger partial charge on any atom is 0.236 e. The SMILES string of the molecule is O=C(C1Cc2ccccc2S1)N1CCCCC1CCBr. The summed E-state index contributed by atoms with van der Waals surface area (Å²) in [7, 11) is 0. The highest BCUT2D eigenvalue weighted by molar-refractivity contribution is 9.09. The summed E-state index contributed by atoms with van der Waals surface area (Å²) in [5.74, 6) is 0.358. The number of hydrogen-bond acceptors (Lipinski definition) is 2. The van der Waals surface area contributed by atoms with E-state index < -0.39 is 0 Å². The van der Waals surface area contributed by atoms with Gasteiger partial charge in [-0.1, -0.05) is 34.1 Å². The van der Waals surface area contributed by atoms with Crippen LogP contribution in [0.4, 0.5) is 0 Å². The Morgan fingerprint density at radius 1 is 1.35 bits per heavy atom. The van der Waals surface area contributed by atoms with Crippen LogP contribution in [0.25, 0.3) is 0 Å². The van der Waals surface area contributed by atoms with Crippen LogP contribution in [-0.2, 0) is 11.2 Å². The Hall–Kier alpha value is -0.480. The third kappa shape index (κ3) is 2.91. The zero-order valence-electron chi connectivity index (χ0n) is 11.6. The first-order valence-electron chi connectivity index (χ1n) is 7.40. The molecule has 1 amide bonds. The second kappa shape index (κ2) is 6.52. The van der Waals surface area contributed by atoms with Crippen molar-refractivity contribution in [1.82, 2.24) is 4.90 Å². The van der Waals surface area contributed by atoms with E-state index in [2.05, 4.69) is 45.1 Å². The van der Waals surface area contributed by atoms with Crippen molar-refractivity contribution in [3.8, 4) is 0 Å². The van der Waals surface area contributed by atoms with Crippen LogP contribution >= 0.6 is 27.7 Å². The van der Waals surface area contributed by atoms with E-state index in [1.807, 2.05) is 0 Å². The molecule has 20 heavy (non-hydrogen) atoms. The van der Waals surface area contributed by atoms with E-state index in [-0.39, 0.29) is 5.25 Å². The van der Waals surface area contributed by atoms with Crippen molar-refractivity contribution in [3.05, 3.63) is 29.8 Å². The van der Waals surface area contributed by atoms with Crippen molar-refractivity contribution in [2.24, 2.45) is 0 Å². The van der Waals surface area contributed by atoms with E-state index in [1.165, 1.54) is 23.3 Å². The molecule has 2 aliphatic heterocycles. The molecule has 1 saturated heterocycles. The number of fused-ring (bicyclic) bond motifs is 1. The smallest absolute Gasteiger partial charge is 0.236 e. The topological polar surface area (TPSA) is 20.3 Å². The summed E-state index contributed by atoms with van der Waals surface area (Å²) >= 11 is 5.28. The van der Waals surface area contributed by atoms with Crippen LogP contribution in [0.15, 0.2) is 29.2 Å². The summed E-state index contributed by atoms with van der Waals surface area (Å²) in [6.07, 6.45) is 5.57. The van der Waals surface area contributed by atoms with E-state index >= 15 is 0 Å². The molecule has 0 aliphatic carbocycles. The van der Waals surface area contributed by atoms with Gasteiger partial charge in [0.15, 0.2) is 0 Å². The standard InChI is InChI=1S/C16H20BrNOS/c17-9-8-13-6-3-4-10-18(13)16(19)15-11-12-5-1-2-7-14(12)20-15/h1-2,5,7,13,15H,3-4,6,8-11H2. The number of carbonyl (C=O) groups excluding carboxylic acids is 1. The van der Waals surface area contributed by atoms with Gasteiger partial charge in [0.1, 0.15) is 0 Å². The van der Waals surface area contributed by atoms with Crippen LogP contribution < -0.4 is 0 Å². The zero-order valence-corrected chi connectivity index (χ0v) is 14.0. The number of benzene rings is 1. The van der Waals surface area contributed by atoms with E-state index in [9.17, 15) is 4.79 Å². The third-order valence-electron chi connectivity index (χ3n) is 4.28. The number of thioether (sulfide) groups is 1. The van der Waals surface area contributed by atoms with Crippen molar-refractivity contribution in [2.75, 3.05) is 11.9 Å². The molecule has 0 saturated carbocycles. The zero-order chi connectivity index (χ0) is 13.9. The Morgan fingerprint density at radius 2 is 2.20 bits per heavy atom. The molecule has 2 unspecified atom stereocenters. The summed E-state index contributed by atoms with van der Waals surface area (Å²) in [5.41, 5.74) is 1.34. The third-order valence-corrected chi connectivity index (χ3v) is 6.04. The van der Waals surface area contributed by atoms with Gasteiger partial charge in [0, 0.05) is 22.8 Å². The number of alkyl halides is 1. The van der Waals surface area contributed by atoms with Crippen molar-refractivity contribution >= 4 is 33.6 Å². The van der Waals surface area contributed by atoms with Crippen LogP contribution in [0.3, 0.4) is 0 Å². The average Bonchev–Trinajstić information content (AvgIpc) is 2.91. The van der Waals surface area contributed by atoms with Crippen LogP contribution in [-0.4, -0.2) is 34.0 Å². The highest BCUT2D eigenvalue weighted by Crippen LogP contribution is 2.38. The Morgan fingerprint density at radius 3 is 3.00 bits per heavy atom. The molecular formula is C16H20BrNOS. The van der Waals surface area contributed by atoms with Gasteiger partial charge in [-0.25, -0.2) is 0 Å². The molecule has 2 atom stereocenters. The van der Waals surface area contributed by atoms with Crippen LogP contribution in [0.1, 0.15) is 31.2 Å². The van der Waals surface area contributed by atoms with E-state index in [4.69, 9.17) is 0 Å². The van der Waals surface area contributed by atoms with Crippen LogP contribution in [0, 0.1) is 0 Å². The lowest BCUT2D eigenvalue weighted by atomic mass is 9.99. The summed E-state index contributed by atoms with van der Waals surface area (Å²) in [4.78, 5) is 16.3. The second-order valence-electron chi connectivity index (χ2n) is 5.58. The quantitative estimate of drug-likeness (QED) is 0.768. The van der Waals surface area contributed by atoms with Gasteiger partial charge in [0.2, 0.25) is 5.91 Å². The highest BCUT2D eigenvalue weighted by atomic mass is 79.9. The van der Waals surface area contributed by atoms with Crippen molar-refractivity contribution in [2.45, 2.75) is 48.3 Å². The largest absolute Gasteiger partial charge is 0.339 e. The summed E-state index contributed by atoms with van der Waals surface area (Å²) < 4.78 is 0. The summed E-state index contributed by atoms with van der Waals surface area (Å²) in [5, 5.41) is 1.09. The molecule has 1 fully saturated rings. The predicted octanol–water partition coefficient (Wildman–Crippen LogP) is 3.87. The Labute approximate surface area is 133 Å². The maximum atomic E-state index is 12.8.